The number of nitrogens with zero attached hydrogens (tertiary/aromatic N) is 1. The predicted molar refractivity (Wildman–Crippen MR) is 122 cm³/mol. The topological polar surface area (TPSA) is 63.2 Å². The third kappa shape index (κ3) is 4.42. The molecule has 1 aromatic heterocycles. The summed E-state index contributed by atoms with van der Waals surface area (Å²) in [4.78, 5) is 16.9. The number of thiazole rings is 1. The number of rotatable bonds is 4. The molecule has 0 unspecified atom stereocenters. The highest BCUT2D eigenvalue weighted by molar-refractivity contribution is 7.80. The number of carbonyl (C=O) groups excluding carboxylic acids is 1. The van der Waals surface area contributed by atoms with Crippen LogP contribution in [0.4, 0.5) is 5.13 Å². The van der Waals surface area contributed by atoms with Crippen LogP contribution in [0.25, 0.3) is 22.0 Å². The number of aromatic nitrogens is 1. The zero-order chi connectivity index (χ0) is 20.2. The van der Waals surface area contributed by atoms with Gasteiger partial charge in [-0.1, -0.05) is 36.4 Å². The lowest BCUT2D eigenvalue weighted by Gasteiger charge is -2.07. The van der Waals surface area contributed by atoms with E-state index in [0.717, 1.165) is 16.6 Å². The van der Waals surface area contributed by atoms with E-state index < -0.39 is 0 Å². The van der Waals surface area contributed by atoms with Crippen molar-refractivity contribution in [3.05, 3.63) is 77.7 Å². The molecule has 0 spiro atoms. The van der Waals surface area contributed by atoms with Gasteiger partial charge in [0.25, 0.3) is 5.91 Å². The third-order valence-electron chi connectivity index (χ3n) is 4.35. The number of thiocarbonyl (C=S) groups is 1. The van der Waals surface area contributed by atoms with E-state index in [1.165, 1.54) is 16.7 Å². The molecular formula is C22H17N3O2S2. The molecule has 0 atom stereocenters. The summed E-state index contributed by atoms with van der Waals surface area (Å²) < 4.78 is 5.09. The van der Waals surface area contributed by atoms with Crippen LogP contribution >= 0.6 is 23.6 Å². The van der Waals surface area contributed by atoms with Gasteiger partial charge in [0.1, 0.15) is 5.75 Å². The standard InChI is InChI=1S/C22H17N3O2S2/c1-27-18-10-8-15(9-11-18)20(26)24-21(28)25-22-23-19(13-29-22)17-7-6-14-4-2-3-5-16(14)12-17/h2-13H,1H3,(H2,23,24,25,26,28). The Kier molecular flexibility index (Phi) is 5.50. The smallest absolute Gasteiger partial charge is 0.257 e. The Labute approximate surface area is 177 Å². The summed E-state index contributed by atoms with van der Waals surface area (Å²) in [5.74, 6) is 0.391. The summed E-state index contributed by atoms with van der Waals surface area (Å²) in [7, 11) is 1.58. The number of nitrogens with one attached hydrogen (secondary N) is 2. The van der Waals surface area contributed by atoms with E-state index in [0.29, 0.717) is 16.4 Å². The molecule has 3 aromatic carbocycles. The lowest BCUT2D eigenvalue weighted by atomic mass is 10.1. The van der Waals surface area contributed by atoms with E-state index >= 15 is 0 Å². The summed E-state index contributed by atoms with van der Waals surface area (Å²) in [6.45, 7) is 0. The van der Waals surface area contributed by atoms with Crippen LogP contribution in [0, 0.1) is 0 Å². The summed E-state index contributed by atoms with van der Waals surface area (Å²) >= 11 is 6.68. The maximum Gasteiger partial charge on any atom is 0.257 e. The van der Waals surface area contributed by atoms with Gasteiger partial charge >= 0.3 is 0 Å². The number of fused-ring (bicyclic) bond motifs is 1. The monoisotopic (exact) mass is 419 g/mol. The van der Waals surface area contributed by atoms with E-state index in [9.17, 15) is 4.79 Å². The molecule has 4 aromatic rings. The third-order valence-corrected chi connectivity index (χ3v) is 5.31. The molecule has 0 saturated heterocycles. The first-order valence-electron chi connectivity index (χ1n) is 8.83. The minimum atomic E-state index is -0.295. The number of amides is 1. The Hall–Kier alpha value is -3.29. The molecule has 4 rings (SSSR count). The molecular weight excluding hydrogens is 402 g/mol. The minimum Gasteiger partial charge on any atom is -0.497 e. The highest BCUT2D eigenvalue weighted by Crippen LogP contribution is 2.27. The zero-order valence-corrected chi connectivity index (χ0v) is 17.1. The number of ether oxygens (including phenoxy) is 1. The summed E-state index contributed by atoms with van der Waals surface area (Å²) in [5, 5.41) is 10.8. The molecule has 1 amide bonds. The van der Waals surface area contributed by atoms with Crippen LogP contribution in [0.2, 0.25) is 0 Å². The van der Waals surface area contributed by atoms with Crippen molar-refractivity contribution in [1.29, 1.82) is 0 Å². The van der Waals surface area contributed by atoms with Crippen molar-refractivity contribution in [1.82, 2.24) is 10.3 Å². The quantitative estimate of drug-likeness (QED) is 0.451. The van der Waals surface area contributed by atoms with Gasteiger partial charge in [-0.25, -0.2) is 4.98 Å². The van der Waals surface area contributed by atoms with Crippen molar-refractivity contribution in [2.24, 2.45) is 0 Å². The van der Waals surface area contributed by atoms with Gasteiger partial charge in [0, 0.05) is 16.5 Å². The molecule has 0 aliphatic carbocycles. The van der Waals surface area contributed by atoms with Crippen molar-refractivity contribution in [2.45, 2.75) is 0 Å². The summed E-state index contributed by atoms with van der Waals surface area (Å²) in [5.41, 5.74) is 2.37. The van der Waals surface area contributed by atoms with Gasteiger partial charge in [-0.2, -0.15) is 0 Å². The second kappa shape index (κ2) is 8.38. The van der Waals surface area contributed by atoms with Gasteiger partial charge < -0.3 is 10.1 Å². The summed E-state index contributed by atoms with van der Waals surface area (Å²) in [6.07, 6.45) is 0. The van der Waals surface area contributed by atoms with E-state index in [1.807, 2.05) is 23.6 Å². The zero-order valence-electron chi connectivity index (χ0n) is 15.5. The van der Waals surface area contributed by atoms with Crippen LogP contribution < -0.4 is 15.4 Å². The Morgan fingerprint density at radius 1 is 1.03 bits per heavy atom. The molecule has 0 aliphatic rings. The van der Waals surface area contributed by atoms with Gasteiger partial charge in [0.05, 0.1) is 12.8 Å². The Morgan fingerprint density at radius 2 is 1.79 bits per heavy atom. The number of carbonyl (C=O) groups is 1. The predicted octanol–water partition coefficient (Wildman–Crippen LogP) is 5.10. The lowest BCUT2D eigenvalue weighted by Crippen LogP contribution is -2.34. The fourth-order valence-electron chi connectivity index (χ4n) is 2.86. The molecule has 0 radical (unpaired) electrons. The fraction of sp³-hybridized carbons (Fsp3) is 0.0455. The molecule has 0 saturated carbocycles. The van der Waals surface area contributed by atoms with E-state index in [2.05, 4.69) is 39.9 Å². The van der Waals surface area contributed by atoms with Crippen LogP contribution in [-0.4, -0.2) is 23.1 Å². The van der Waals surface area contributed by atoms with Crippen molar-refractivity contribution in [3.8, 4) is 17.0 Å². The molecule has 2 N–H and O–H groups in total. The van der Waals surface area contributed by atoms with Crippen molar-refractivity contribution in [2.75, 3.05) is 12.4 Å². The first-order valence-corrected chi connectivity index (χ1v) is 10.1. The Morgan fingerprint density at radius 3 is 2.55 bits per heavy atom. The van der Waals surface area contributed by atoms with Crippen molar-refractivity contribution < 1.29 is 9.53 Å². The average Bonchev–Trinajstić information content (AvgIpc) is 3.21. The molecule has 0 bridgehead atoms. The first-order chi connectivity index (χ1) is 14.1. The van der Waals surface area contributed by atoms with E-state index in [-0.39, 0.29) is 11.0 Å². The Balaban J connectivity index is 1.42. The Bertz CT molecular complexity index is 1190. The van der Waals surface area contributed by atoms with Crippen LogP contribution in [0.5, 0.6) is 5.75 Å². The van der Waals surface area contributed by atoms with Gasteiger partial charge in [0.2, 0.25) is 0 Å². The fourth-order valence-corrected chi connectivity index (χ4v) is 3.84. The number of methoxy groups -OCH3 is 1. The average molecular weight is 420 g/mol. The van der Waals surface area contributed by atoms with Gasteiger partial charge in [-0.15, -0.1) is 11.3 Å². The van der Waals surface area contributed by atoms with Crippen molar-refractivity contribution in [3.63, 3.8) is 0 Å². The second-order valence-corrected chi connectivity index (χ2v) is 7.50. The molecule has 0 aliphatic heterocycles. The minimum absolute atomic E-state index is 0.199. The normalized spacial score (nSPS) is 10.5. The number of hydrogen-bond acceptors (Lipinski definition) is 5. The molecule has 0 fully saturated rings. The van der Waals surface area contributed by atoms with Crippen LogP contribution in [0.15, 0.2) is 72.1 Å². The number of anilines is 1. The van der Waals surface area contributed by atoms with Crippen LogP contribution in [-0.2, 0) is 0 Å². The van der Waals surface area contributed by atoms with Gasteiger partial charge in [-0.05, 0) is 53.3 Å². The molecule has 1 heterocycles. The number of benzene rings is 3. The maximum absolute atomic E-state index is 12.3. The first kappa shape index (κ1) is 19.0. The highest BCUT2D eigenvalue weighted by atomic mass is 32.1. The lowest BCUT2D eigenvalue weighted by molar-refractivity contribution is 0.0977. The summed E-state index contributed by atoms with van der Waals surface area (Å²) in [6, 6.07) is 21.2. The maximum atomic E-state index is 12.3. The SMILES string of the molecule is COc1ccc(C(=O)NC(=S)Nc2nc(-c3ccc4ccccc4c3)cs2)cc1. The molecule has 29 heavy (non-hydrogen) atoms. The van der Waals surface area contributed by atoms with E-state index in [1.54, 1.807) is 31.4 Å². The second-order valence-electron chi connectivity index (χ2n) is 6.24. The largest absolute Gasteiger partial charge is 0.497 e. The number of hydrogen-bond donors (Lipinski definition) is 2. The van der Waals surface area contributed by atoms with Crippen LogP contribution in [0.1, 0.15) is 10.4 Å². The van der Waals surface area contributed by atoms with Gasteiger partial charge in [0.15, 0.2) is 10.2 Å². The highest BCUT2D eigenvalue weighted by Gasteiger charge is 2.11. The molecule has 5 nitrogen and oxygen atoms in total. The molecule has 7 heteroatoms. The van der Waals surface area contributed by atoms with Gasteiger partial charge in [-0.3, -0.25) is 10.1 Å². The molecule has 144 valence electrons. The van der Waals surface area contributed by atoms with Crippen molar-refractivity contribution >= 4 is 50.5 Å². The van der Waals surface area contributed by atoms with Crippen LogP contribution in [0.3, 0.4) is 0 Å². The van der Waals surface area contributed by atoms with E-state index in [4.69, 9.17) is 17.0 Å².